The van der Waals surface area contributed by atoms with Crippen molar-refractivity contribution in [3.8, 4) is 11.4 Å². The summed E-state index contributed by atoms with van der Waals surface area (Å²) < 4.78 is 5.73. The van der Waals surface area contributed by atoms with Gasteiger partial charge in [-0.1, -0.05) is 76.9 Å². The van der Waals surface area contributed by atoms with E-state index >= 15 is 0 Å². The molecule has 0 saturated carbocycles. The molecule has 0 saturated heterocycles. The van der Waals surface area contributed by atoms with Crippen LogP contribution in [0.2, 0.25) is 5.02 Å². The molecule has 7 heteroatoms. The lowest BCUT2D eigenvalue weighted by Gasteiger charge is -2.35. The number of hydrogen-bond donors (Lipinski definition) is 1. The van der Waals surface area contributed by atoms with Gasteiger partial charge in [-0.25, -0.2) is 4.79 Å². The van der Waals surface area contributed by atoms with E-state index in [0.717, 1.165) is 28.0 Å². The molecular weight excluding hydrogens is 448 g/mol. The van der Waals surface area contributed by atoms with Gasteiger partial charge in [-0.3, -0.25) is 4.90 Å². The molecule has 6 nitrogen and oxygen atoms in total. The largest absolute Gasteiger partial charge is 0.334 e. The molecule has 1 unspecified atom stereocenters. The Hall–Kier alpha value is -3.90. The molecule has 170 valence electrons. The molecule has 0 aliphatic carbocycles. The van der Waals surface area contributed by atoms with Crippen LogP contribution in [0.1, 0.15) is 35.5 Å². The molecule has 1 atom stereocenters. The van der Waals surface area contributed by atoms with Crippen LogP contribution in [0.15, 0.2) is 89.1 Å². The van der Waals surface area contributed by atoms with Crippen molar-refractivity contribution in [2.45, 2.75) is 26.4 Å². The molecule has 1 N–H and O–H groups in total. The van der Waals surface area contributed by atoms with Crippen LogP contribution < -0.4 is 5.32 Å². The topological polar surface area (TPSA) is 71.3 Å². The first-order chi connectivity index (χ1) is 16.5. The Balaban J connectivity index is 1.58. The molecule has 1 aliphatic rings. The second-order valence-electron chi connectivity index (χ2n) is 8.29. The third-order valence-electron chi connectivity index (χ3n) is 5.95. The quantitative estimate of drug-likeness (QED) is 0.366. The van der Waals surface area contributed by atoms with E-state index in [1.807, 2.05) is 80.6 Å². The molecule has 34 heavy (non-hydrogen) atoms. The van der Waals surface area contributed by atoms with E-state index in [4.69, 9.17) is 16.1 Å². The summed E-state index contributed by atoms with van der Waals surface area (Å²) in [7, 11) is 0. The Morgan fingerprint density at radius 3 is 2.38 bits per heavy atom. The van der Waals surface area contributed by atoms with Crippen LogP contribution in [0.5, 0.6) is 0 Å². The average Bonchev–Trinajstić information content (AvgIpc) is 3.33. The van der Waals surface area contributed by atoms with Crippen molar-refractivity contribution in [3.63, 3.8) is 0 Å². The number of hydrogen-bond acceptors (Lipinski definition) is 4. The van der Waals surface area contributed by atoms with Gasteiger partial charge < -0.3 is 9.84 Å². The maximum Gasteiger partial charge on any atom is 0.322 e. The Bertz CT molecular complexity index is 1350. The lowest BCUT2D eigenvalue weighted by atomic mass is 9.94. The molecule has 3 aromatic carbocycles. The van der Waals surface area contributed by atoms with Crippen molar-refractivity contribution >= 4 is 23.2 Å². The van der Waals surface area contributed by atoms with E-state index in [-0.39, 0.29) is 6.03 Å². The third-order valence-corrected chi connectivity index (χ3v) is 6.20. The molecule has 1 aromatic heterocycles. The summed E-state index contributed by atoms with van der Waals surface area (Å²) in [4.78, 5) is 19.6. The number of amides is 2. The van der Waals surface area contributed by atoms with E-state index in [2.05, 4.69) is 15.5 Å². The summed E-state index contributed by atoms with van der Waals surface area (Å²) in [6, 6.07) is 24.6. The fourth-order valence-electron chi connectivity index (χ4n) is 4.07. The van der Waals surface area contributed by atoms with Crippen molar-refractivity contribution in [1.82, 2.24) is 20.4 Å². The molecule has 5 rings (SSSR count). The minimum absolute atomic E-state index is 0.173. The molecule has 2 amide bonds. The van der Waals surface area contributed by atoms with Gasteiger partial charge in [-0.2, -0.15) is 4.98 Å². The molecule has 0 fully saturated rings. The van der Waals surface area contributed by atoms with Crippen molar-refractivity contribution in [2.75, 3.05) is 0 Å². The lowest BCUT2D eigenvalue weighted by molar-refractivity contribution is 0.203. The van der Waals surface area contributed by atoms with Crippen LogP contribution in [0.4, 0.5) is 4.79 Å². The van der Waals surface area contributed by atoms with Crippen LogP contribution in [-0.2, 0) is 6.54 Å². The van der Waals surface area contributed by atoms with Gasteiger partial charge in [-0.15, -0.1) is 0 Å². The molecule has 2 heterocycles. The minimum Gasteiger partial charge on any atom is -0.334 e. The highest BCUT2D eigenvalue weighted by atomic mass is 35.5. The zero-order valence-electron chi connectivity index (χ0n) is 18.8. The van der Waals surface area contributed by atoms with Crippen LogP contribution >= 0.6 is 11.6 Å². The van der Waals surface area contributed by atoms with Gasteiger partial charge in [0.1, 0.15) is 0 Å². The first kappa shape index (κ1) is 21.9. The number of benzene rings is 3. The molecule has 1 aliphatic heterocycles. The molecule has 0 spiro atoms. The molecular formula is C27H23ClN4O2. The number of rotatable bonds is 5. The first-order valence-electron chi connectivity index (χ1n) is 11.0. The lowest BCUT2D eigenvalue weighted by Crippen LogP contribution is -2.45. The van der Waals surface area contributed by atoms with E-state index in [1.165, 1.54) is 5.56 Å². The number of allylic oxidation sites excluding steroid dienone is 1. The summed E-state index contributed by atoms with van der Waals surface area (Å²) >= 11 is 6.02. The average molecular weight is 471 g/mol. The standard InChI is InChI=1S/C27H23ClN4O2/c1-17-8-10-19(11-9-17)16-32-18(2)23(24(29-27(32)33)20-6-4-3-5-7-20)26-30-25(31-34-26)21-12-14-22(28)15-13-21/h3-15,24H,16H2,1-2H3,(H,29,33). The third kappa shape index (κ3) is 4.32. The monoisotopic (exact) mass is 470 g/mol. The number of nitrogens with one attached hydrogen (secondary N) is 1. The second-order valence-corrected chi connectivity index (χ2v) is 8.73. The fraction of sp³-hybridized carbons (Fsp3) is 0.148. The summed E-state index contributed by atoms with van der Waals surface area (Å²) in [5, 5.41) is 7.97. The summed E-state index contributed by atoms with van der Waals surface area (Å²) in [6.45, 7) is 4.39. The molecule has 0 radical (unpaired) electrons. The van der Waals surface area contributed by atoms with Crippen LogP contribution in [0.3, 0.4) is 0 Å². The highest BCUT2D eigenvalue weighted by Crippen LogP contribution is 2.37. The first-order valence-corrected chi connectivity index (χ1v) is 11.4. The fourth-order valence-corrected chi connectivity index (χ4v) is 4.20. The van der Waals surface area contributed by atoms with Crippen molar-refractivity contribution in [3.05, 3.63) is 112 Å². The zero-order valence-corrected chi connectivity index (χ0v) is 19.6. The number of aryl methyl sites for hydroxylation is 1. The number of nitrogens with zero attached hydrogens (tertiary/aromatic N) is 3. The number of urea groups is 1. The Morgan fingerprint density at radius 2 is 1.68 bits per heavy atom. The van der Waals surface area contributed by atoms with Crippen LogP contribution in [0.25, 0.3) is 17.0 Å². The SMILES string of the molecule is CC1=C(c2nc(-c3ccc(Cl)cc3)no2)C(c2ccccc2)NC(=O)N1Cc1ccc(C)cc1. The number of carbonyl (C=O) groups is 1. The van der Waals surface area contributed by atoms with Crippen molar-refractivity contribution in [1.29, 1.82) is 0 Å². The van der Waals surface area contributed by atoms with E-state index < -0.39 is 6.04 Å². The van der Waals surface area contributed by atoms with E-state index in [1.54, 1.807) is 17.0 Å². The second kappa shape index (κ2) is 9.15. The summed E-state index contributed by atoms with van der Waals surface area (Å²) in [5.41, 5.74) is 5.47. The number of carbonyl (C=O) groups excluding carboxylic acids is 1. The minimum atomic E-state index is -0.415. The maximum atomic E-state index is 13.2. The maximum absolute atomic E-state index is 13.2. The highest BCUT2D eigenvalue weighted by molar-refractivity contribution is 6.30. The molecule has 0 bridgehead atoms. The van der Waals surface area contributed by atoms with Crippen molar-refractivity contribution in [2.24, 2.45) is 0 Å². The smallest absolute Gasteiger partial charge is 0.322 e. The van der Waals surface area contributed by atoms with Crippen molar-refractivity contribution < 1.29 is 9.32 Å². The van der Waals surface area contributed by atoms with Gasteiger partial charge >= 0.3 is 6.03 Å². The van der Waals surface area contributed by atoms with Gasteiger partial charge in [0.15, 0.2) is 0 Å². The predicted molar refractivity (Wildman–Crippen MR) is 132 cm³/mol. The summed E-state index contributed by atoms with van der Waals surface area (Å²) in [5.74, 6) is 0.825. The van der Waals surface area contributed by atoms with Gasteiger partial charge in [0.05, 0.1) is 18.2 Å². The van der Waals surface area contributed by atoms with Gasteiger partial charge in [0.2, 0.25) is 5.82 Å². The highest BCUT2D eigenvalue weighted by Gasteiger charge is 2.35. The van der Waals surface area contributed by atoms with Gasteiger partial charge in [0, 0.05) is 16.3 Å². The normalized spacial score (nSPS) is 16.0. The van der Waals surface area contributed by atoms with E-state index in [9.17, 15) is 4.79 Å². The Labute approximate surface area is 202 Å². The number of aromatic nitrogens is 2. The summed E-state index contributed by atoms with van der Waals surface area (Å²) in [6.07, 6.45) is 0. The van der Waals surface area contributed by atoms with E-state index in [0.29, 0.717) is 23.3 Å². The Morgan fingerprint density at radius 1 is 0.971 bits per heavy atom. The number of halogens is 1. The zero-order chi connectivity index (χ0) is 23.7. The van der Waals surface area contributed by atoms with Gasteiger partial charge in [0.25, 0.3) is 5.89 Å². The van der Waals surface area contributed by atoms with Crippen LogP contribution in [0, 0.1) is 6.92 Å². The van der Waals surface area contributed by atoms with Gasteiger partial charge in [-0.05, 0) is 49.2 Å². The predicted octanol–water partition coefficient (Wildman–Crippen LogP) is 6.40. The Kier molecular flexibility index (Phi) is 5.90. The molecule has 4 aromatic rings. The van der Waals surface area contributed by atoms with Crippen LogP contribution in [-0.4, -0.2) is 21.1 Å².